The molecular formula is C13H24ClNO. The number of likely N-dealkylation sites (tertiary alicyclic amines) is 1. The summed E-state index contributed by atoms with van der Waals surface area (Å²) in [5, 5.41) is 0. The summed E-state index contributed by atoms with van der Waals surface area (Å²) >= 11 is 0. The summed E-state index contributed by atoms with van der Waals surface area (Å²) in [6.07, 6.45) is 4.30. The average Bonchev–Trinajstić information content (AvgIpc) is 2.33. The zero-order valence-electron chi connectivity index (χ0n) is 10.1. The number of hydrogen-bond acceptors (Lipinski definition) is 1. The van der Waals surface area contributed by atoms with Gasteiger partial charge in [-0.1, -0.05) is 49.7 Å². The summed E-state index contributed by atoms with van der Waals surface area (Å²) in [4.78, 5) is 2.52. The van der Waals surface area contributed by atoms with Crippen molar-refractivity contribution >= 4 is 12.4 Å². The molecule has 2 N–H and O–H groups in total. The molecule has 3 heteroatoms. The lowest BCUT2D eigenvalue weighted by Gasteiger charge is -2.24. The van der Waals surface area contributed by atoms with Gasteiger partial charge in [-0.3, -0.25) is 0 Å². The van der Waals surface area contributed by atoms with E-state index >= 15 is 0 Å². The number of rotatable bonds is 1. The van der Waals surface area contributed by atoms with Crippen LogP contribution in [0, 0.1) is 0 Å². The van der Waals surface area contributed by atoms with Gasteiger partial charge < -0.3 is 10.4 Å². The van der Waals surface area contributed by atoms with Crippen LogP contribution in [0.2, 0.25) is 0 Å². The van der Waals surface area contributed by atoms with Gasteiger partial charge in [-0.05, 0) is 32.5 Å². The Kier molecular flexibility index (Phi) is 13.9. The maximum absolute atomic E-state index is 2.52. The van der Waals surface area contributed by atoms with Crippen molar-refractivity contribution in [3.63, 3.8) is 0 Å². The van der Waals surface area contributed by atoms with Crippen LogP contribution in [0.4, 0.5) is 0 Å². The number of hydrogen-bond donors (Lipinski definition) is 0. The molecule has 1 heterocycles. The minimum atomic E-state index is 0. The van der Waals surface area contributed by atoms with Crippen LogP contribution in [0.15, 0.2) is 36.4 Å². The third-order valence-corrected chi connectivity index (χ3v) is 2.56. The minimum absolute atomic E-state index is 0. The SMILES string of the molecule is CCN1CCCCC1.Cl.O.c1ccccc1. The van der Waals surface area contributed by atoms with Crippen molar-refractivity contribution in [2.45, 2.75) is 26.2 Å². The summed E-state index contributed by atoms with van der Waals surface area (Å²) in [7, 11) is 0. The Morgan fingerprint density at radius 1 is 0.812 bits per heavy atom. The number of nitrogens with zero attached hydrogens (tertiary/aromatic N) is 1. The molecule has 0 spiro atoms. The van der Waals surface area contributed by atoms with Gasteiger partial charge in [-0.25, -0.2) is 0 Å². The maximum Gasteiger partial charge on any atom is -0.00188 e. The second-order valence-corrected chi connectivity index (χ2v) is 3.65. The van der Waals surface area contributed by atoms with Gasteiger partial charge in [0.25, 0.3) is 0 Å². The molecule has 1 aromatic carbocycles. The molecule has 0 bridgehead atoms. The van der Waals surface area contributed by atoms with E-state index in [4.69, 9.17) is 0 Å². The van der Waals surface area contributed by atoms with Crippen LogP contribution in [0.5, 0.6) is 0 Å². The van der Waals surface area contributed by atoms with Crippen LogP contribution >= 0.6 is 12.4 Å². The largest absolute Gasteiger partial charge is 0.412 e. The fourth-order valence-corrected chi connectivity index (χ4v) is 1.66. The van der Waals surface area contributed by atoms with Gasteiger partial charge in [0, 0.05) is 0 Å². The Balaban J connectivity index is 0. The lowest BCUT2D eigenvalue weighted by atomic mass is 10.1. The molecule has 16 heavy (non-hydrogen) atoms. The van der Waals surface area contributed by atoms with Crippen molar-refractivity contribution in [1.29, 1.82) is 0 Å². The quantitative estimate of drug-likeness (QED) is 0.749. The van der Waals surface area contributed by atoms with E-state index in [1.165, 1.54) is 38.9 Å². The van der Waals surface area contributed by atoms with E-state index < -0.39 is 0 Å². The molecule has 2 rings (SSSR count). The molecular weight excluding hydrogens is 222 g/mol. The molecule has 0 aromatic heterocycles. The van der Waals surface area contributed by atoms with Crippen LogP contribution in [0.3, 0.4) is 0 Å². The Labute approximate surface area is 105 Å². The second kappa shape index (κ2) is 12.5. The lowest BCUT2D eigenvalue weighted by Crippen LogP contribution is -2.29. The molecule has 94 valence electrons. The molecule has 0 radical (unpaired) electrons. The third kappa shape index (κ3) is 8.72. The van der Waals surface area contributed by atoms with Gasteiger partial charge in [0.05, 0.1) is 0 Å². The molecule has 0 saturated carbocycles. The maximum atomic E-state index is 2.52. The zero-order valence-corrected chi connectivity index (χ0v) is 10.9. The standard InChI is InChI=1S/C7H15N.C6H6.ClH.H2O/c1-2-8-6-4-3-5-7-8;1-2-4-6-5-3-1;;/h2-7H2,1H3;1-6H;1H;1H2. The summed E-state index contributed by atoms with van der Waals surface area (Å²) in [6.45, 7) is 6.18. The Bertz CT molecular complexity index is 186. The van der Waals surface area contributed by atoms with E-state index in [-0.39, 0.29) is 17.9 Å². The molecule has 0 amide bonds. The molecule has 1 aliphatic rings. The van der Waals surface area contributed by atoms with Crippen LogP contribution < -0.4 is 0 Å². The Morgan fingerprint density at radius 3 is 1.44 bits per heavy atom. The van der Waals surface area contributed by atoms with Crippen LogP contribution in [-0.4, -0.2) is 30.0 Å². The first kappa shape index (κ1) is 17.8. The summed E-state index contributed by atoms with van der Waals surface area (Å²) in [6, 6.07) is 12.0. The second-order valence-electron chi connectivity index (χ2n) is 3.65. The molecule has 1 aromatic rings. The van der Waals surface area contributed by atoms with Crippen molar-refractivity contribution in [3.05, 3.63) is 36.4 Å². The summed E-state index contributed by atoms with van der Waals surface area (Å²) in [5.74, 6) is 0. The smallest absolute Gasteiger partial charge is 0.00188 e. The van der Waals surface area contributed by atoms with Crippen molar-refractivity contribution in [2.24, 2.45) is 0 Å². The van der Waals surface area contributed by atoms with Gasteiger partial charge in [-0.2, -0.15) is 0 Å². The fraction of sp³-hybridized carbons (Fsp3) is 0.538. The highest BCUT2D eigenvalue weighted by Gasteiger charge is 2.05. The highest BCUT2D eigenvalue weighted by molar-refractivity contribution is 5.85. The van der Waals surface area contributed by atoms with E-state index in [2.05, 4.69) is 11.8 Å². The fourth-order valence-electron chi connectivity index (χ4n) is 1.66. The predicted octanol–water partition coefficient (Wildman–Crippen LogP) is 2.78. The lowest BCUT2D eigenvalue weighted by molar-refractivity contribution is 0.240. The van der Waals surface area contributed by atoms with E-state index in [1.807, 2.05) is 36.4 Å². The van der Waals surface area contributed by atoms with Gasteiger partial charge >= 0.3 is 0 Å². The predicted molar refractivity (Wildman–Crippen MR) is 73.3 cm³/mol. The number of piperidine rings is 1. The minimum Gasteiger partial charge on any atom is -0.412 e. The Morgan fingerprint density at radius 2 is 1.19 bits per heavy atom. The molecule has 1 fully saturated rings. The number of benzene rings is 1. The molecule has 0 atom stereocenters. The van der Waals surface area contributed by atoms with Crippen molar-refractivity contribution < 1.29 is 5.48 Å². The van der Waals surface area contributed by atoms with Crippen molar-refractivity contribution in [3.8, 4) is 0 Å². The first-order valence-electron chi connectivity index (χ1n) is 5.66. The first-order valence-corrected chi connectivity index (χ1v) is 5.66. The van der Waals surface area contributed by atoms with Crippen LogP contribution in [0.25, 0.3) is 0 Å². The van der Waals surface area contributed by atoms with Gasteiger partial charge in [0.15, 0.2) is 0 Å². The van der Waals surface area contributed by atoms with Crippen LogP contribution in [-0.2, 0) is 0 Å². The molecule has 0 unspecified atom stereocenters. The summed E-state index contributed by atoms with van der Waals surface area (Å²) < 4.78 is 0. The average molecular weight is 246 g/mol. The van der Waals surface area contributed by atoms with E-state index in [0.717, 1.165) is 0 Å². The monoisotopic (exact) mass is 245 g/mol. The van der Waals surface area contributed by atoms with Crippen molar-refractivity contribution in [2.75, 3.05) is 19.6 Å². The topological polar surface area (TPSA) is 34.7 Å². The Hall–Kier alpha value is -0.570. The molecule has 0 aliphatic carbocycles. The van der Waals surface area contributed by atoms with Gasteiger partial charge in [0.2, 0.25) is 0 Å². The molecule has 1 saturated heterocycles. The van der Waals surface area contributed by atoms with Gasteiger partial charge in [0.1, 0.15) is 0 Å². The van der Waals surface area contributed by atoms with Crippen molar-refractivity contribution in [1.82, 2.24) is 4.90 Å². The van der Waals surface area contributed by atoms with Gasteiger partial charge in [-0.15, -0.1) is 12.4 Å². The van der Waals surface area contributed by atoms with E-state index in [9.17, 15) is 0 Å². The molecule has 1 aliphatic heterocycles. The highest BCUT2D eigenvalue weighted by atomic mass is 35.5. The van der Waals surface area contributed by atoms with E-state index in [1.54, 1.807) is 0 Å². The normalized spacial score (nSPS) is 14.8. The zero-order chi connectivity index (χ0) is 10.1. The summed E-state index contributed by atoms with van der Waals surface area (Å²) in [5.41, 5.74) is 0. The number of halogens is 1. The molecule has 2 nitrogen and oxygen atoms in total. The highest BCUT2D eigenvalue weighted by Crippen LogP contribution is 2.06. The van der Waals surface area contributed by atoms with Crippen LogP contribution in [0.1, 0.15) is 26.2 Å². The van der Waals surface area contributed by atoms with E-state index in [0.29, 0.717) is 0 Å². The first-order chi connectivity index (χ1) is 6.93. The third-order valence-electron chi connectivity index (χ3n) is 2.56.